The highest BCUT2D eigenvalue weighted by Gasteiger charge is 2.29. The summed E-state index contributed by atoms with van der Waals surface area (Å²) in [6.07, 6.45) is 1.34. The maximum atomic E-state index is 12.8. The van der Waals surface area contributed by atoms with Crippen LogP contribution in [0.5, 0.6) is 11.5 Å². The number of hydrogen-bond donors (Lipinski definition) is 0. The number of carbonyl (C=O) groups excluding carboxylic acids is 2. The average molecular weight is 367 g/mol. The van der Waals surface area contributed by atoms with Crippen molar-refractivity contribution in [2.75, 3.05) is 27.3 Å². The molecule has 5 nitrogen and oxygen atoms in total. The molecule has 1 aliphatic heterocycles. The molecule has 0 bridgehead atoms. The lowest BCUT2D eigenvalue weighted by Gasteiger charge is -2.31. The van der Waals surface area contributed by atoms with Crippen molar-refractivity contribution in [3.63, 3.8) is 0 Å². The average Bonchev–Trinajstić information content (AvgIpc) is 2.72. The molecule has 0 radical (unpaired) electrons. The number of hydrogen-bond acceptors (Lipinski definition) is 4. The Morgan fingerprint density at radius 1 is 0.963 bits per heavy atom. The van der Waals surface area contributed by atoms with Crippen molar-refractivity contribution in [2.24, 2.45) is 5.92 Å². The maximum Gasteiger partial charge on any atom is 0.257 e. The van der Waals surface area contributed by atoms with E-state index in [1.165, 1.54) is 0 Å². The highest BCUT2D eigenvalue weighted by molar-refractivity contribution is 5.99. The summed E-state index contributed by atoms with van der Waals surface area (Å²) >= 11 is 0. The summed E-state index contributed by atoms with van der Waals surface area (Å²) in [5, 5.41) is 0. The normalized spacial score (nSPS) is 14.7. The van der Waals surface area contributed by atoms with Crippen LogP contribution in [0.2, 0.25) is 0 Å². The molecule has 0 N–H and O–H groups in total. The molecule has 5 heteroatoms. The number of nitrogens with zero attached hydrogens (tertiary/aromatic N) is 1. The monoisotopic (exact) mass is 367 g/mol. The lowest BCUT2D eigenvalue weighted by Crippen LogP contribution is -2.40. The van der Waals surface area contributed by atoms with Gasteiger partial charge in [0, 0.05) is 24.6 Å². The van der Waals surface area contributed by atoms with E-state index in [-0.39, 0.29) is 17.6 Å². The van der Waals surface area contributed by atoms with Crippen molar-refractivity contribution >= 4 is 11.7 Å². The molecule has 0 spiro atoms. The van der Waals surface area contributed by atoms with Crippen LogP contribution in [0.3, 0.4) is 0 Å². The van der Waals surface area contributed by atoms with E-state index < -0.39 is 0 Å². The SMILES string of the molecule is COc1ccc(C(=O)C2CCN(C(=O)c3ccccc3OC)CC2)cc1C. The van der Waals surface area contributed by atoms with Crippen molar-refractivity contribution in [1.82, 2.24) is 4.90 Å². The minimum absolute atomic E-state index is 0.0429. The summed E-state index contributed by atoms with van der Waals surface area (Å²) < 4.78 is 10.6. The van der Waals surface area contributed by atoms with E-state index in [9.17, 15) is 9.59 Å². The van der Waals surface area contributed by atoms with Crippen LogP contribution < -0.4 is 9.47 Å². The Morgan fingerprint density at radius 2 is 1.63 bits per heavy atom. The summed E-state index contributed by atoms with van der Waals surface area (Å²) in [5.74, 6) is 1.40. The molecule has 142 valence electrons. The largest absolute Gasteiger partial charge is 0.496 e. The third-order valence-electron chi connectivity index (χ3n) is 5.17. The number of carbonyl (C=O) groups is 2. The molecular weight excluding hydrogens is 342 g/mol. The predicted molar refractivity (Wildman–Crippen MR) is 104 cm³/mol. The van der Waals surface area contributed by atoms with Gasteiger partial charge in [-0.15, -0.1) is 0 Å². The first kappa shape index (κ1) is 19.0. The number of benzene rings is 2. The first-order chi connectivity index (χ1) is 13.0. The van der Waals surface area contributed by atoms with Crippen LogP contribution >= 0.6 is 0 Å². The van der Waals surface area contributed by atoms with Gasteiger partial charge in [0.15, 0.2) is 5.78 Å². The highest BCUT2D eigenvalue weighted by Crippen LogP contribution is 2.27. The summed E-state index contributed by atoms with van der Waals surface area (Å²) in [5.41, 5.74) is 2.23. The van der Waals surface area contributed by atoms with Crippen molar-refractivity contribution in [1.29, 1.82) is 0 Å². The molecule has 3 rings (SSSR count). The number of methoxy groups -OCH3 is 2. The molecule has 2 aromatic rings. The number of ketones is 1. The molecule has 1 amide bonds. The number of ether oxygens (including phenoxy) is 2. The highest BCUT2D eigenvalue weighted by atomic mass is 16.5. The van der Waals surface area contributed by atoms with Gasteiger partial charge in [0.1, 0.15) is 11.5 Å². The van der Waals surface area contributed by atoms with E-state index in [1.807, 2.05) is 37.3 Å². The van der Waals surface area contributed by atoms with Gasteiger partial charge in [-0.2, -0.15) is 0 Å². The maximum absolute atomic E-state index is 12.8. The fraction of sp³-hybridized carbons (Fsp3) is 0.364. The Bertz CT molecular complexity index is 838. The summed E-state index contributed by atoms with van der Waals surface area (Å²) in [4.78, 5) is 27.4. The van der Waals surface area contributed by atoms with Gasteiger partial charge >= 0.3 is 0 Å². The Kier molecular flexibility index (Phi) is 5.79. The Labute approximate surface area is 159 Å². The third kappa shape index (κ3) is 3.97. The molecule has 1 aliphatic rings. The Hall–Kier alpha value is -2.82. The molecule has 0 aromatic heterocycles. The van der Waals surface area contributed by atoms with Crippen molar-refractivity contribution < 1.29 is 19.1 Å². The molecule has 2 aromatic carbocycles. The zero-order valence-electron chi connectivity index (χ0n) is 16.0. The fourth-order valence-electron chi connectivity index (χ4n) is 3.60. The van der Waals surface area contributed by atoms with Crippen LogP contribution in [-0.2, 0) is 0 Å². The molecular formula is C22H25NO4. The first-order valence-electron chi connectivity index (χ1n) is 9.16. The smallest absolute Gasteiger partial charge is 0.257 e. The minimum Gasteiger partial charge on any atom is -0.496 e. The summed E-state index contributed by atoms with van der Waals surface area (Å²) in [7, 11) is 3.19. The van der Waals surface area contributed by atoms with Gasteiger partial charge in [-0.3, -0.25) is 9.59 Å². The second-order valence-electron chi connectivity index (χ2n) is 6.82. The van der Waals surface area contributed by atoms with E-state index in [2.05, 4.69) is 0 Å². The number of para-hydroxylation sites is 1. The number of amides is 1. The van der Waals surface area contributed by atoms with Gasteiger partial charge in [-0.1, -0.05) is 12.1 Å². The number of aryl methyl sites for hydroxylation is 1. The number of Topliss-reactive ketones (excluding diaryl/α,β-unsaturated/α-hetero) is 1. The minimum atomic E-state index is -0.0560. The Morgan fingerprint density at radius 3 is 2.26 bits per heavy atom. The van der Waals surface area contributed by atoms with E-state index >= 15 is 0 Å². The fourth-order valence-corrected chi connectivity index (χ4v) is 3.60. The zero-order chi connectivity index (χ0) is 19.4. The topological polar surface area (TPSA) is 55.8 Å². The van der Waals surface area contributed by atoms with Crippen molar-refractivity contribution in [3.8, 4) is 11.5 Å². The first-order valence-corrected chi connectivity index (χ1v) is 9.16. The summed E-state index contributed by atoms with van der Waals surface area (Å²) in [6, 6.07) is 12.8. The van der Waals surface area contributed by atoms with Crippen LogP contribution in [0.1, 0.15) is 39.1 Å². The van der Waals surface area contributed by atoms with Gasteiger partial charge in [0.25, 0.3) is 5.91 Å². The van der Waals surface area contributed by atoms with Crippen molar-refractivity contribution in [2.45, 2.75) is 19.8 Å². The molecule has 0 saturated carbocycles. The molecule has 0 unspecified atom stereocenters. The quantitative estimate of drug-likeness (QED) is 0.756. The van der Waals surface area contributed by atoms with Crippen LogP contribution in [0.4, 0.5) is 0 Å². The number of likely N-dealkylation sites (tertiary alicyclic amines) is 1. The second kappa shape index (κ2) is 8.25. The molecule has 27 heavy (non-hydrogen) atoms. The van der Waals surface area contributed by atoms with E-state index in [0.717, 1.165) is 11.3 Å². The van der Waals surface area contributed by atoms with Crippen LogP contribution in [0, 0.1) is 12.8 Å². The van der Waals surface area contributed by atoms with Crippen LogP contribution in [-0.4, -0.2) is 43.9 Å². The number of rotatable bonds is 5. The van der Waals surface area contributed by atoms with E-state index in [1.54, 1.807) is 31.3 Å². The van der Waals surface area contributed by atoms with E-state index in [0.29, 0.717) is 42.8 Å². The van der Waals surface area contributed by atoms with Crippen LogP contribution in [0.25, 0.3) is 0 Å². The molecule has 1 fully saturated rings. The lowest BCUT2D eigenvalue weighted by molar-refractivity contribution is 0.0647. The van der Waals surface area contributed by atoms with Gasteiger partial charge in [-0.05, 0) is 55.7 Å². The third-order valence-corrected chi connectivity index (χ3v) is 5.17. The van der Waals surface area contributed by atoms with Gasteiger partial charge in [0.05, 0.1) is 19.8 Å². The van der Waals surface area contributed by atoms with Gasteiger partial charge < -0.3 is 14.4 Å². The molecule has 1 saturated heterocycles. The van der Waals surface area contributed by atoms with E-state index in [4.69, 9.17) is 9.47 Å². The van der Waals surface area contributed by atoms with Gasteiger partial charge in [-0.25, -0.2) is 0 Å². The number of piperidine rings is 1. The summed E-state index contributed by atoms with van der Waals surface area (Å²) in [6.45, 7) is 3.08. The predicted octanol–water partition coefficient (Wildman–Crippen LogP) is 3.75. The molecule has 0 aliphatic carbocycles. The Balaban J connectivity index is 1.65. The van der Waals surface area contributed by atoms with Crippen LogP contribution in [0.15, 0.2) is 42.5 Å². The lowest BCUT2D eigenvalue weighted by atomic mass is 9.88. The van der Waals surface area contributed by atoms with Gasteiger partial charge in [0.2, 0.25) is 0 Å². The second-order valence-corrected chi connectivity index (χ2v) is 6.82. The zero-order valence-corrected chi connectivity index (χ0v) is 16.0. The molecule has 0 atom stereocenters. The molecule has 1 heterocycles. The van der Waals surface area contributed by atoms with Crippen molar-refractivity contribution in [3.05, 3.63) is 59.2 Å². The standard InChI is InChI=1S/C22H25NO4/c1-15-14-17(8-9-19(15)26-2)21(24)16-10-12-23(13-11-16)22(25)18-6-4-5-7-20(18)27-3/h4-9,14,16H,10-13H2,1-3H3.